The fourth-order valence-electron chi connectivity index (χ4n) is 18.3. The van der Waals surface area contributed by atoms with Crippen LogP contribution in [0, 0.1) is 46.3 Å². The monoisotopic (exact) mass is 1600 g/mol. The molecular weight excluding hydrogens is 1490 g/mol. The molecule has 0 saturated heterocycles. The quantitative estimate of drug-likeness (QED) is 0.0176. The minimum Gasteiger partial charge on any atom is -0.508 e. The van der Waals surface area contributed by atoms with Crippen LogP contribution in [0.3, 0.4) is 0 Å². The summed E-state index contributed by atoms with van der Waals surface area (Å²) in [6, 6.07) is 31.0. The maximum Gasteiger partial charge on any atom is 0.530 e. The molecule has 0 amide bonds. The van der Waals surface area contributed by atoms with Crippen molar-refractivity contribution in [3.8, 4) is 11.5 Å². The Morgan fingerprint density at radius 1 is 0.485 bits per heavy atom. The first-order chi connectivity index (χ1) is 47.5. The van der Waals surface area contributed by atoms with Crippen molar-refractivity contribution >= 4 is 53.4 Å². The molecule has 0 bridgehead atoms. The number of rotatable bonds is 36. The second kappa shape index (κ2) is 37.6. The van der Waals surface area contributed by atoms with Gasteiger partial charge in [-0.1, -0.05) is 164 Å². The topological polar surface area (TPSA) is 140 Å². The van der Waals surface area contributed by atoms with Crippen molar-refractivity contribution in [3.63, 3.8) is 0 Å². The highest BCUT2D eigenvalue weighted by Crippen LogP contribution is 2.65. The zero-order chi connectivity index (χ0) is 71.9. The molecule has 10 rings (SSSR count). The van der Waals surface area contributed by atoms with Crippen LogP contribution in [0.15, 0.2) is 97.1 Å². The molecule has 3 N–H and O–H groups in total. The smallest absolute Gasteiger partial charge is 0.508 e. The van der Waals surface area contributed by atoms with E-state index >= 15 is 0 Å². The van der Waals surface area contributed by atoms with E-state index in [9.17, 15) is 72.2 Å². The van der Waals surface area contributed by atoms with Crippen LogP contribution in [-0.2, 0) is 61.3 Å². The molecule has 14 atom stereocenters. The number of benzene rings is 4. The predicted molar refractivity (Wildman–Crippen MR) is 390 cm³/mol. The first-order valence-corrected chi connectivity index (χ1v) is 41.5. The molecule has 4 aromatic rings. The molecule has 4 aromatic carbocycles. The van der Waals surface area contributed by atoms with E-state index in [-0.39, 0.29) is 71.7 Å². The van der Waals surface area contributed by atoms with Crippen molar-refractivity contribution in [2.45, 2.75) is 268 Å². The van der Waals surface area contributed by atoms with Crippen LogP contribution in [0.4, 0.5) is 43.9 Å². The fraction of sp³-hybridized carbons (Fsp3) is 0.692. The SMILES string of the molecule is C[C@]12CC[C@@H]3c4ccc(O)cc4C[C@@H](CCCCCCCCCS(=O)CCCC(F)(F)C(F)(F)F)[C@H]3[C@@H]1CC[C@@H]2O.C[C@]12CC[C@@H]3c4ccc(OP(=O)(OCc5ccccc5)OCc5ccccc5)cc4C[C@@H](CCCCCCCCCS(=O)CCCC(F)(F)C(F)(F)F)[C@H]3[C@@H]1CC[C@@H]2O.I. The zero-order valence-electron chi connectivity index (χ0n) is 58.7. The number of phosphoric ester groups is 1. The van der Waals surface area contributed by atoms with E-state index in [1.165, 1.54) is 22.3 Å². The molecule has 9 nitrogen and oxygen atoms in total. The van der Waals surface area contributed by atoms with Gasteiger partial charge in [0.15, 0.2) is 0 Å². The van der Waals surface area contributed by atoms with E-state index in [0.717, 1.165) is 165 Å². The van der Waals surface area contributed by atoms with E-state index in [0.29, 0.717) is 83.2 Å². The summed E-state index contributed by atoms with van der Waals surface area (Å²) in [4.78, 5) is 0. The highest BCUT2D eigenvalue weighted by atomic mass is 127. The third-order valence-corrected chi connectivity index (χ3v) is 28.1. The Balaban J connectivity index is 0.000000271. The molecule has 0 heterocycles. The molecule has 6 aliphatic carbocycles. The van der Waals surface area contributed by atoms with Crippen molar-refractivity contribution in [2.24, 2.45) is 46.3 Å². The first kappa shape index (κ1) is 83.5. The Morgan fingerprint density at radius 2 is 0.861 bits per heavy atom. The summed E-state index contributed by atoms with van der Waals surface area (Å²) >= 11 is 0. The van der Waals surface area contributed by atoms with E-state index < -0.39 is 79.3 Å². The van der Waals surface area contributed by atoms with Crippen LogP contribution in [0.1, 0.15) is 239 Å². The maximum absolute atomic E-state index is 14.2. The van der Waals surface area contributed by atoms with Crippen LogP contribution < -0.4 is 4.52 Å². The molecule has 568 valence electrons. The molecule has 0 aliphatic heterocycles. The van der Waals surface area contributed by atoms with Gasteiger partial charge in [0.1, 0.15) is 11.5 Å². The minimum absolute atomic E-state index is 0. The number of phenols is 1. The Hall–Kier alpha value is -3.12. The van der Waals surface area contributed by atoms with Crippen molar-refractivity contribution < 1.29 is 85.8 Å². The summed E-state index contributed by atoms with van der Waals surface area (Å²) in [6.07, 6.45) is 10.9. The van der Waals surface area contributed by atoms with Crippen LogP contribution in [0.5, 0.6) is 11.5 Å². The summed E-state index contributed by atoms with van der Waals surface area (Å²) in [7, 11) is -6.79. The molecule has 6 aliphatic rings. The molecule has 0 spiro atoms. The third kappa shape index (κ3) is 22.3. The fourth-order valence-corrected chi connectivity index (χ4v) is 21.8. The molecule has 4 fully saturated rings. The molecule has 0 radical (unpaired) electrons. The standard InChI is InChI=1S/C46H60F5O6PS.C32H47F5O3S.HI/c1-44-27-25-40-39-22-21-38(57-58(53,55-32-34-16-9-7-10-17-34)56-33-35-18-11-8-12-19-35)31-37(39)30-36(43(40)41(44)23-24-42(44)52)20-13-5-3-2-4-6-14-28-59(54)29-15-26-45(47,48)46(49,50)51;1-30-17-15-26-25-12-11-24(38)21-23(25)20-22(29(26)27(30)13-14-28(30)39)10-7-5-3-2-4-6-8-18-41(40)19-9-16-31(33,34)32(35,36)37;/h7-12,16-19,21-22,31,36,40-43,52H,2-6,13-15,20,23-30,32-33H2,1H3;11-12,21-22,26-29,38-39H,2-10,13-20H2,1H3;1H/t36-,40-,41+,42+,43-,44+,59?;22-,26-,27+,28+,29-,30+,41?;/m11./s1. The predicted octanol–water partition coefficient (Wildman–Crippen LogP) is 22.2. The van der Waals surface area contributed by atoms with Gasteiger partial charge in [-0.15, -0.1) is 24.0 Å². The molecule has 101 heavy (non-hydrogen) atoms. The number of hydrogen-bond donors (Lipinski definition) is 3. The van der Waals surface area contributed by atoms with Crippen LogP contribution in [0.2, 0.25) is 0 Å². The molecule has 23 heteroatoms. The van der Waals surface area contributed by atoms with Crippen molar-refractivity contribution in [3.05, 3.63) is 130 Å². The average molecular weight is 1600 g/mol. The van der Waals surface area contributed by atoms with Gasteiger partial charge in [-0.05, 0) is 219 Å². The summed E-state index contributed by atoms with van der Waals surface area (Å²) in [5, 5.41) is 32.1. The number of aliphatic hydroxyl groups excluding tert-OH is 2. The summed E-state index contributed by atoms with van der Waals surface area (Å²) in [5.74, 6) is -4.28. The van der Waals surface area contributed by atoms with Crippen LogP contribution in [0.25, 0.3) is 0 Å². The maximum atomic E-state index is 14.2. The Bertz CT molecular complexity index is 3250. The lowest BCUT2D eigenvalue weighted by Gasteiger charge is -2.53. The second-order valence-corrected chi connectivity index (χ2v) is 35.4. The largest absolute Gasteiger partial charge is 0.530 e. The van der Waals surface area contributed by atoms with Crippen molar-refractivity contribution in [1.82, 2.24) is 0 Å². The second-order valence-electron chi connectivity index (χ2n) is 30.4. The van der Waals surface area contributed by atoms with Crippen molar-refractivity contribution in [1.29, 1.82) is 0 Å². The number of halogens is 11. The lowest BCUT2D eigenvalue weighted by molar-refractivity contribution is -0.284. The van der Waals surface area contributed by atoms with E-state index in [2.05, 4.69) is 26.0 Å². The number of phosphoric acid groups is 1. The van der Waals surface area contributed by atoms with Gasteiger partial charge in [-0.3, -0.25) is 17.5 Å². The summed E-state index contributed by atoms with van der Waals surface area (Å²) < 4.78 is 182. The Morgan fingerprint density at radius 3 is 1.28 bits per heavy atom. The molecule has 2 unspecified atom stereocenters. The average Bonchev–Trinajstić information content (AvgIpc) is 1.70. The van der Waals surface area contributed by atoms with E-state index in [1.54, 1.807) is 0 Å². The summed E-state index contributed by atoms with van der Waals surface area (Å²) in [6.45, 7) is 4.73. The normalized spacial score (nSPS) is 26.9. The van der Waals surface area contributed by atoms with Crippen molar-refractivity contribution in [2.75, 3.05) is 23.0 Å². The Kier molecular flexibility index (Phi) is 31.1. The minimum atomic E-state index is -5.57. The third-order valence-electron chi connectivity index (χ3n) is 23.8. The number of unbranched alkanes of at least 4 members (excludes halogenated alkanes) is 12. The van der Waals surface area contributed by atoms with E-state index in [1.807, 2.05) is 84.9 Å². The van der Waals surface area contributed by atoms with Gasteiger partial charge in [0.2, 0.25) is 0 Å². The number of aromatic hydroxyl groups is 1. The lowest BCUT2D eigenvalue weighted by Crippen LogP contribution is -2.47. The Labute approximate surface area is 614 Å². The first-order valence-electron chi connectivity index (χ1n) is 37.1. The van der Waals surface area contributed by atoms with Gasteiger partial charge in [0, 0.05) is 57.5 Å². The number of alkyl halides is 10. The number of phenolic OH excluding ortho intramolecular Hbond substituents is 1. The van der Waals surface area contributed by atoms with Gasteiger partial charge in [0.05, 0.1) is 25.4 Å². The highest BCUT2D eigenvalue weighted by molar-refractivity contribution is 14.0. The molecule has 4 saturated carbocycles. The van der Waals surface area contributed by atoms with Gasteiger partial charge in [0.25, 0.3) is 0 Å². The highest BCUT2D eigenvalue weighted by Gasteiger charge is 2.60. The van der Waals surface area contributed by atoms with Crippen LogP contribution in [-0.4, -0.2) is 83.2 Å². The molecule has 0 aromatic heterocycles. The summed E-state index contributed by atoms with van der Waals surface area (Å²) in [5.41, 5.74) is 6.89. The number of fused-ring (bicyclic) bond motifs is 10. The van der Waals surface area contributed by atoms with Gasteiger partial charge < -0.3 is 19.8 Å². The number of hydrogen-bond acceptors (Lipinski definition) is 9. The molecular formula is C78H108F10IO9PS2. The zero-order valence-corrected chi connectivity index (χ0v) is 63.6. The van der Waals surface area contributed by atoms with Crippen LogP contribution >= 0.6 is 31.8 Å². The van der Waals surface area contributed by atoms with Gasteiger partial charge in [-0.2, -0.15) is 43.9 Å². The van der Waals surface area contributed by atoms with E-state index in [4.69, 9.17) is 13.6 Å². The van der Waals surface area contributed by atoms with Gasteiger partial charge >= 0.3 is 32.0 Å². The lowest BCUT2D eigenvalue weighted by atomic mass is 9.52. The van der Waals surface area contributed by atoms with Gasteiger partial charge in [-0.25, -0.2) is 4.57 Å². The number of aliphatic hydroxyl groups is 2.